The molecule has 0 bridgehead atoms. The lowest BCUT2D eigenvalue weighted by Crippen LogP contribution is -2.41. The van der Waals surface area contributed by atoms with Crippen LogP contribution in [0.3, 0.4) is 0 Å². The SMILES string of the molecule is CC1CN(C(O)OC(C)(C)C)c2ncccc21. The first-order valence-electron chi connectivity index (χ1n) is 5.96. The Balaban J connectivity index is 2.20. The Labute approximate surface area is 102 Å². The minimum absolute atomic E-state index is 0.372. The lowest BCUT2D eigenvalue weighted by atomic mass is 10.1. The zero-order valence-electron chi connectivity index (χ0n) is 10.8. The molecule has 0 radical (unpaired) electrons. The van der Waals surface area contributed by atoms with Crippen LogP contribution in [0.5, 0.6) is 0 Å². The summed E-state index contributed by atoms with van der Waals surface area (Å²) in [4.78, 5) is 6.14. The molecule has 4 nitrogen and oxygen atoms in total. The molecule has 2 rings (SSSR count). The first kappa shape index (κ1) is 12.3. The maximum atomic E-state index is 10.1. The van der Waals surface area contributed by atoms with Crippen molar-refractivity contribution in [1.29, 1.82) is 0 Å². The average molecular weight is 236 g/mol. The predicted molar refractivity (Wildman–Crippen MR) is 66.8 cm³/mol. The van der Waals surface area contributed by atoms with Crippen LogP contribution in [0.15, 0.2) is 18.3 Å². The summed E-state index contributed by atoms with van der Waals surface area (Å²) in [6, 6.07) is 3.98. The van der Waals surface area contributed by atoms with Crippen LogP contribution >= 0.6 is 0 Å². The lowest BCUT2D eigenvalue weighted by molar-refractivity contribution is -0.164. The summed E-state index contributed by atoms with van der Waals surface area (Å²) in [5, 5.41) is 10.1. The fourth-order valence-corrected chi connectivity index (χ4v) is 2.09. The molecule has 2 atom stereocenters. The fourth-order valence-electron chi connectivity index (χ4n) is 2.09. The Morgan fingerprint density at radius 2 is 2.24 bits per heavy atom. The van der Waals surface area contributed by atoms with Crippen molar-refractivity contribution in [3.05, 3.63) is 23.9 Å². The van der Waals surface area contributed by atoms with Crippen LogP contribution in [-0.2, 0) is 4.74 Å². The Kier molecular flexibility index (Phi) is 3.10. The number of aliphatic hydroxyl groups is 1. The van der Waals surface area contributed by atoms with Crippen molar-refractivity contribution in [3.63, 3.8) is 0 Å². The molecule has 94 valence electrons. The van der Waals surface area contributed by atoms with E-state index in [-0.39, 0.29) is 5.60 Å². The van der Waals surface area contributed by atoms with E-state index in [0.717, 1.165) is 12.4 Å². The van der Waals surface area contributed by atoms with Crippen molar-refractivity contribution < 1.29 is 9.84 Å². The summed E-state index contributed by atoms with van der Waals surface area (Å²) in [6.07, 6.45) is 0.807. The molecular weight excluding hydrogens is 216 g/mol. The van der Waals surface area contributed by atoms with E-state index in [0.29, 0.717) is 5.92 Å². The fraction of sp³-hybridized carbons (Fsp3) is 0.615. The molecule has 2 heterocycles. The van der Waals surface area contributed by atoms with Gasteiger partial charge in [-0.05, 0) is 32.4 Å². The highest BCUT2D eigenvalue weighted by molar-refractivity contribution is 5.54. The van der Waals surface area contributed by atoms with Gasteiger partial charge in [0.25, 0.3) is 0 Å². The van der Waals surface area contributed by atoms with Gasteiger partial charge in [-0.2, -0.15) is 0 Å². The van der Waals surface area contributed by atoms with Crippen molar-refractivity contribution >= 4 is 5.82 Å². The number of aliphatic hydroxyl groups excluding tert-OH is 1. The molecule has 1 aromatic rings. The number of pyridine rings is 1. The quantitative estimate of drug-likeness (QED) is 0.799. The maximum Gasteiger partial charge on any atom is 0.239 e. The monoisotopic (exact) mass is 236 g/mol. The highest BCUT2D eigenvalue weighted by atomic mass is 16.6. The van der Waals surface area contributed by atoms with E-state index < -0.39 is 6.41 Å². The molecule has 0 saturated carbocycles. The van der Waals surface area contributed by atoms with Crippen LogP contribution < -0.4 is 4.90 Å². The second kappa shape index (κ2) is 4.27. The second-order valence-electron chi connectivity index (χ2n) is 5.53. The standard InChI is InChI=1S/C13H20N2O2/c1-9-8-15(12(16)17-13(2,3)4)11-10(9)6-5-7-14-11/h5-7,9,12,16H,8H2,1-4H3. The molecule has 2 unspecified atom stereocenters. The molecule has 4 heteroatoms. The summed E-state index contributed by atoms with van der Waals surface area (Å²) < 4.78 is 5.57. The van der Waals surface area contributed by atoms with Gasteiger partial charge in [0.15, 0.2) is 0 Å². The second-order valence-corrected chi connectivity index (χ2v) is 5.53. The summed E-state index contributed by atoms with van der Waals surface area (Å²) in [6.45, 7) is 8.65. The average Bonchev–Trinajstić information content (AvgIpc) is 2.55. The zero-order valence-corrected chi connectivity index (χ0v) is 10.8. The summed E-state index contributed by atoms with van der Waals surface area (Å²) in [7, 11) is 0. The molecule has 0 aromatic carbocycles. The van der Waals surface area contributed by atoms with Gasteiger partial charge in [0.2, 0.25) is 6.41 Å². The number of rotatable bonds is 2. The van der Waals surface area contributed by atoms with Crippen LogP contribution in [0.1, 0.15) is 39.2 Å². The highest BCUT2D eigenvalue weighted by Crippen LogP contribution is 2.35. The topological polar surface area (TPSA) is 45.6 Å². The van der Waals surface area contributed by atoms with Gasteiger partial charge in [0, 0.05) is 18.7 Å². The van der Waals surface area contributed by atoms with E-state index in [9.17, 15) is 5.11 Å². The van der Waals surface area contributed by atoms with E-state index in [4.69, 9.17) is 4.74 Å². The Morgan fingerprint density at radius 3 is 2.88 bits per heavy atom. The van der Waals surface area contributed by atoms with Gasteiger partial charge in [-0.15, -0.1) is 0 Å². The predicted octanol–water partition coefficient (Wildman–Crippen LogP) is 2.10. The van der Waals surface area contributed by atoms with E-state index in [1.54, 1.807) is 6.20 Å². The van der Waals surface area contributed by atoms with Crippen molar-refractivity contribution in [2.45, 2.75) is 45.6 Å². The van der Waals surface area contributed by atoms with E-state index in [2.05, 4.69) is 18.0 Å². The molecule has 0 fully saturated rings. The molecule has 0 saturated heterocycles. The number of fused-ring (bicyclic) bond motifs is 1. The number of aromatic nitrogens is 1. The molecule has 17 heavy (non-hydrogen) atoms. The van der Waals surface area contributed by atoms with Gasteiger partial charge in [-0.1, -0.05) is 13.0 Å². The molecular formula is C13H20N2O2. The van der Waals surface area contributed by atoms with Crippen molar-refractivity contribution in [3.8, 4) is 0 Å². The summed E-state index contributed by atoms with van der Waals surface area (Å²) >= 11 is 0. The van der Waals surface area contributed by atoms with E-state index >= 15 is 0 Å². The smallest absolute Gasteiger partial charge is 0.239 e. The van der Waals surface area contributed by atoms with Crippen molar-refractivity contribution in [2.24, 2.45) is 0 Å². The van der Waals surface area contributed by atoms with Crippen LogP contribution in [0, 0.1) is 0 Å². The first-order valence-corrected chi connectivity index (χ1v) is 5.96. The van der Waals surface area contributed by atoms with Gasteiger partial charge in [0.1, 0.15) is 5.82 Å². The minimum atomic E-state index is -0.936. The first-order chi connectivity index (χ1) is 7.88. The van der Waals surface area contributed by atoms with E-state index in [1.165, 1.54) is 5.56 Å². The molecule has 0 aliphatic carbocycles. The van der Waals surface area contributed by atoms with Gasteiger partial charge < -0.3 is 14.7 Å². The number of hydrogen-bond acceptors (Lipinski definition) is 4. The molecule has 1 aromatic heterocycles. The molecule has 1 aliphatic rings. The van der Waals surface area contributed by atoms with Gasteiger partial charge in [-0.25, -0.2) is 4.98 Å². The molecule has 0 spiro atoms. The number of nitrogens with zero attached hydrogens (tertiary/aromatic N) is 2. The summed E-state index contributed by atoms with van der Waals surface area (Å²) in [5.41, 5.74) is 0.796. The largest absolute Gasteiger partial charge is 0.351 e. The molecule has 1 aliphatic heterocycles. The highest BCUT2D eigenvalue weighted by Gasteiger charge is 2.32. The number of anilines is 1. The van der Waals surface area contributed by atoms with Crippen LogP contribution in [0.2, 0.25) is 0 Å². The van der Waals surface area contributed by atoms with E-state index in [1.807, 2.05) is 31.7 Å². The summed E-state index contributed by atoms with van der Waals surface area (Å²) in [5.74, 6) is 1.20. The Hall–Kier alpha value is -1.13. The van der Waals surface area contributed by atoms with Crippen LogP contribution in [-0.4, -0.2) is 28.7 Å². The van der Waals surface area contributed by atoms with Crippen LogP contribution in [0.4, 0.5) is 5.82 Å². The third kappa shape index (κ3) is 2.58. The van der Waals surface area contributed by atoms with Gasteiger partial charge in [0.05, 0.1) is 5.60 Å². The number of ether oxygens (including phenoxy) is 1. The third-order valence-corrected chi connectivity index (χ3v) is 2.82. The Bertz CT molecular complexity index is 401. The van der Waals surface area contributed by atoms with Crippen molar-refractivity contribution in [1.82, 2.24) is 4.98 Å². The Morgan fingerprint density at radius 1 is 1.53 bits per heavy atom. The lowest BCUT2D eigenvalue weighted by Gasteiger charge is -2.31. The van der Waals surface area contributed by atoms with Gasteiger partial charge in [-0.3, -0.25) is 0 Å². The molecule has 0 amide bonds. The normalized spacial score (nSPS) is 21.5. The van der Waals surface area contributed by atoms with Crippen molar-refractivity contribution in [2.75, 3.05) is 11.4 Å². The molecule has 1 N–H and O–H groups in total. The van der Waals surface area contributed by atoms with Gasteiger partial charge >= 0.3 is 0 Å². The number of hydrogen-bond donors (Lipinski definition) is 1. The zero-order chi connectivity index (χ0) is 12.6. The maximum absolute atomic E-state index is 10.1. The van der Waals surface area contributed by atoms with Crippen LogP contribution in [0.25, 0.3) is 0 Å². The minimum Gasteiger partial charge on any atom is -0.351 e. The third-order valence-electron chi connectivity index (χ3n) is 2.82.